The number of methoxy groups -OCH3 is 1. The number of likely N-dealkylation sites (N-methyl/N-ethyl adjacent to an activating group) is 1. The summed E-state index contributed by atoms with van der Waals surface area (Å²) in [6, 6.07) is 3.88. The van der Waals surface area contributed by atoms with Crippen LogP contribution in [0, 0.1) is 12.7 Å². The van der Waals surface area contributed by atoms with Crippen molar-refractivity contribution in [3.63, 3.8) is 0 Å². The summed E-state index contributed by atoms with van der Waals surface area (Å²) in [5, 5.41) is 0.328. The largest absolute Gasteiger partial charge is 0.486 e. The first-order chi connectivity index (χ1) is 15.6. The van der Waals surface area contributed by atoms with Gasteiger partial charge in [-0.3, -0.25) is 4.79 Å². The lowest BCUT2D eigenvalue weighted by Crippen LogP contribution is -2.48. The Labute approximate surface area is 196 Å². The van der Waals surface area contributed by atoms with E-state index in [-0.39, 0.29) is 29.6 Å². The minimum Gasteiger partial charge on any atom is -0.486 e. The molecule has 1 amide bonds. The molecule has 4 N–H and O–H groups in total. The lowest BCUT2D eigenvalue weighted by atomic mass is 9.91. The van der Waals surface area contributed by atoms with E-state index in [1.807, 2.05) is 0 Å². The van der Waals surface area contributed by atoms with Crippen molar-refractivity contribution < 1.29 is 23.5 Å². The van der Waals surface area contributed by atoms with Crippen molar-refractivity contribution >= 4 is 39.7 Å². The van der Waals surface area contributed by atoms with E-state index in [1.54, 1.807) is 18.9 Å². The highest BCUT2D eigenvalue weighted by molar-refractivity contribution is 7.18. The van der Waals surface area contributed by atoms with Crippen LogP contribution in [0.3, 0.4) is 0 Å². The Balaban J connectivity index is 1.96. The van der Waals surface area contributed by atoms with Gasteiger partial charge in [-0.2, -0.15) is 0 Å². The SMILES string of the molecule is COC(=O)c1sc(N)c(C(N)=Nc2ccc(F)cc2O[C@@H]2CCCC[C@H]2N(C)C(C)=O)c1C. The zero-order chi connectivity index (χ0) is 24.3. The number of amidine groups is 1. The predicted molar refractivity (Wildman–Crippen MR) is 127 cm³/mol. The van der Waals surface area contributed by atoms with Gasteiger partial charge in [0.2, 0.25) is 5.91 Å². The van der Waals surface area contributed by atoms with Gasteiger partial charge in [0.05, 0.1) is 23.7 Å². The third-order valence-corrected chi connectivity index (χ3v) is 7.00. The van der Waals surface area contributed by atoms with Crippen molar-refractivity contribution in [2.75, 3.05) is 19.9 Å². The van der Waals surface area contributed by atoms with Gasteiger partial charge in [0.15, 0.2) is 0 Å². The number of nitrogens with two attached hydrogens (primary N) is 2. The van der Waals surface area contributed by atoms with Gasteiger partial charge in [-0.1, -0.05) is 6.42 Å². The summed E-state index contributed by atoms with van der Waals surface area (Å²) in [6.07, 6.45) is 3.17. The summed E-state index contributed by atoms with van der Waals surface area (Å²) in [5.74, 6) is -0.733. The van der Waals surface area contributed by atoms with E-state index in [9.17, 15) is 14.0 Å². The van der Waals surface area contributed by atoms with E-state index in [4.69, 9.17) is 20.9 Å². The number of nitrogen functional groups attached to an aromatic ring is 1. The van der Waals surface area contributed by atoms with Crippen molar-refractivity contribution in [3.05, 3.63) is 40.0 Å². The van der Waals surface area contributed by atoms with Gasteiger partial charge in [0.1, 0.15) is 34.1 Å². The van der Waals surface area contributed by atoms with E-state index >= 15 is 0 Å². The van der Waals surface area contributed by atoms with Crippen LogP contribution in [-0.2, 0) is 9.53 Å². The topological polar surface area (TPSA) is 120 Å². The van der Waals surface area contributed by atoms with Crippen molar-refractivity contribution in [3.8, 4) is 5.75 Å². The first-order valence-corrected chi connectivity index (χ1v) is 11.5. The van der Waals surface area contributed by atoms with Crippen LogP contribution in [0.2, 0.25) is 0 Å². The van der Waals surface area contributed by atoms with Crippen molar-refractivity contribution in [2.24, 2.45) is 10.7 Å². The third kappa shape index (κ3) is 5.27. The normalized spacial score (nSPS) is 18.6. The molecule has 10 heteroatoms. The quantitative estimate of drug-likeness (QED) is 0.372. The number of ether oxygens (including phenoxy) is 2. The Kier molecular flexibility index (Phi) is 7.57. The minimum absolute atomic E-state index is 0.0537. The molecule has 0 unspecified atom stereocenters. The lowest BCUT2D eigenvalue weighted by Gasteiger charge is -2.37. The van der Waals surface area contributed by atoms with Crippen molar-refractivity contribution in [1.29, 1.82) is 0 Å². The highest BCUT2D eigenvalue weighted by Crippen LogP contribution is 2.36. The highest BCUT2D eigenvalue weighted by Gasteiger charge is 2.32. The van der Waals surface area contributed by atoms with Crippen LogP contribution in [0.25, 0.3) is 0 Å². The van der Waals surface area contributed by atoms with E-state index in [0.717, 1.165) is 37.0 Å². The first kappa shape index (κ1) is 24.5. The van der Waals surface area contributed by atoms with Gasteiger partial charge in [-0.05, 0) is 43.9 Å². The fourth-order valence-corrected chi connectivity index (χ4v) is 5.06. The molecule has 8 nitrogen and oxygen atoms in total. The zero-order valence-corrected chi connectivity index (χ0v) is 20.0. The number of carbonyl (C=O) groups is 2. The number of halogens is 1. The summed E-state index contributed by atoms with van der Waals surface area (Å²) in [4.78, 5) is 30.4. The van der Waals surface area contributed by atoms with Gasteiger partial charge in [-0.15, -0.1) is 11.3 Å². The minimum atomic E-state index is -0.507. The van der Waals surface area contributed by atoms with Crippen molar-refractivity contribution in [2.45, 2.75) is 51.7 Å². The average molecular weight is 477 g/mol. The second kappa shape index (κ2) is 10.2. The Morgan fingerprint density at radius 1 is 1.27 bits per heavy atom. The number of nitrogens with zero attached hydrogens (tertiary/aromatic N) is 2. The van der Waals surface area contributed by atoms with Gasteiger partial charge < -0.3 is 25.8 Å². The number of thiophene rings is 1. The van der Waals surface area contributed by atoms with Crippen molar-refractivity contribution in [1.82, 2.24) is 4.90 Å². The molecule has 1 heterocycles. The second-order valence-corrected chi connectivity index (χ2v) is 9.09. The molecule has 33 heavy (non-hydrogen) atoms. The number of esters is 1. The molecule has 0 spiro atoms. The van der Waals surface area contributed by atoms with E-state index in [2.05, 4.69) is 4.99 Å². The molecule has 1 saturated carbocycles. The molecule has 2 atom stereocenters. The molecule has 178 valence electrons. The Morgan fingerprint density at radius 2 is 1.97 bits per heavy atom. The summed E-state index contributed by atoms with van der Waals surface area (Å²) < 4.78 is 25.1. The fourth-order valence-electron chi connectivity index (χ4n) is 4.06. The third-order valence-electron chi connectivity index (χ3n) is 5.90. The maximum atomic E-state index is 14.1. The maximum Gasteiger partial charge on any atom is 0.348 e. The number of amides is 1. The Morgan fingerprint density at radius 3 is 2.64 bits per heavy atom. The smallest absolute Gasteiger partial charge is 0.348 e. The molecule has 1 aliphatic rings. The van der Waals surface area contributed by atoms with Crippen LogP contribution in [0.1, 0.15) is 53.4 Å². The van der Waals surface area contributed by atoms with E-state index in [1.165, 1.54) is 32.2 Å². The van der Waals surface area contributed by atoms with Gasteiger partial charge in [0.25, 0.3) is 0 Å². The van der Waals surface area contributed by atoms with Crippen LogP contribution in [0.15, 0.2) is 23.2 Å². The van der Waals surface area contributed by atoms with Crippen LogP contribution in [-0.4, -0.2) is 48.9 Å². The molecule has 3 rings (SSSR count). The molecule has 2 aromatic rings. The Bertz CT molecular complexity index is 1080. The molecular formula is C23H29FN4O4S. The fraction of sp³-hybridized carbons (Fsp3) is 0.435. The van der Waals surface area contributed by atoms with Gasteiger partial charge in [0, 0.05) is 20.0 Å². The maximum absolute atomic E-state index is 14.1. The van der Waals surface area contributed by atoms with Gasteiger partial charge >= 0.3 is 5.97 Å². The van der Waals surface area contributed by atoms with Crippen LogP contribution < -0.4 is 16.2 Å². The molecule has 0 aliphatic heterocycles. The molecule has 1 aliphatic carbocycles. The molecule has 0 bridgehead atoms. The molecule has 0 saturated heterocycles. The summed E-state index contributed by atoms with van der Waals surface area (Å²) in [5.41, 5.74) is 13.7. The standard InChI is InChI=1S/C23H29FN4O4S/c1-12-19(22(26)33-20(12)23(30)31-4)21(25)27-15-10-9-14(24)11-18(15)32-17-8-6-5-7-16(17)28(3)13(2)29/h9-11,16-17H,5-8,26H2,1-4H3,(H2,25,27)/t16-,17-/m1/s1. The van der Waals surface area contributed by atoms with E-state index < -0.39 is 11.8 Å². The predicted octanol–water partition coefficient (Wildman–Crippen LogP) is 3.77. The van der Waals surface area contributed by atoms with E-state index in [0.29, 0.717) is 26.7 Å². The average Bonchev–Trinajstić information content (AvgIpc) is 3.08. The highest BCUT2D eigenvalue weighted by atomic mass is 32.1. The summed E-state index contributed by atoms with van der Waals surface area (Å²) in [7, 11) is 3.04. The second-order valence-electron chi connectivity index (χ2n) is 8.03. The van der Waals surface area contributed by atoms with Gasteiger partial charge in [-0.25, -0.2) is 14.2 Å². The summed E-state index contributed by atoms with van der Waals surface area (Å²) in [6.45, 7) is 3.23. The monoisotopic (exact) mass is 476 g/mol. The molecule has 1 fully saturated rings. The number of rotatable bonds is 6. The molecule has 1 aromatic carbocycles. The van der Waals surface area contributed by atoms with Crippen LogP contribution >= 0.6 is 11.3 Å². The van der Waals surface area contributed by atoms with Crippen LogP contribution in [0.4, 0.5) is 15.1 Å². The number of hydrogen-bond donors (Lipinski definition) is 2. The molecular weight excluding hydrogens is 447 g/mol. The lowest BCUT2D eigenvalue weighted by molar-refractivity contribution is -0.132. The number of benzene rings is 1. The number of aliphatic imine (C=N–C) groups is 1. The summed E-state index contributed by atoms with van der Waals surface area (Å²) >= 11 is 1.07. The van der Waals surface area contributed by atoms with Crippen LogP contribution in [0.5, 0.6) is 5.75 Å². The zero-order valence-electron chi connectivity index (χ0n) is 19.2. The molecule has 0 radical (unpaired) electrons. The first-order valence-electron chi connectivity index (χ1n) is 10.6. The Hall–Kier alpha value is -3.14. The number of anilines is 1. The number of carbonyl (C=O) groups excluding carboxylic acids is 2. The molecule has 1 aromatic heterocycles. The number of hydrogen-bond acceptors (Lipinski definition) is 7.